The topological polar surface area (TPSA) is 54.8 Å². The quantitative estimate of drug-likeness (QED) is 0.690. The van der Waals surface area contributed by atoms with Crippen LogP contribution >= 0.6 is 47.8 Å². The maximum Gasteiger partial charge on any atom is 0.223 e. The van der Waals surface area contributed by atoms with E-state index in [1.165, 1.54) is 11.3 Å². The number of thiophene rings is 1. The maximum atomic E-state index is 6.08. The van der Waals surface area contributed by atoms with Crippen LogP contribution < -0.4 is 10.7 Å². The van der Waals surface area contributed by atoms with E-state index in [0.29, 0.717) is 0 Å². The van der Waals surface area contributed by atoms with Gasteiger partial charge in [-0.25, -0.2) is 9.66 Å². The fraction of sp³-hybridized carbons (Fsp3) is 0.143. The largest absolute Gasteiger partial charge is 0.352 e. The molecule has 0 spiro atoms. The fourth-order valence-corrected chi connectivity index (χ4v) is 3.46. The monoisotopic (exact) mass is 389 g/mol. The summed E-state index contributed by atoms with van der Waals surface area (Å²) in [7, 11) is 0. The number of aromatic nitrogens is 3. The highest BCUT2D eigenvalue weighted by Gasteiger charge is 2.22. The molecule has 0 aliphatic carbocycles. The number of nitrogens with one attached hydrogen (secondary N) is 2. The van der Waals surface area contributed by atoms with Crippen LogP contribution in [0.15, 0.2) is 36.7 Å². The third-order valence-electron chi connectivity index (χ3n) is 3.32. The van der Waals surface area contributed by atoms with Gasteiger partial charge in [-0.1, -0.05) is 11.6 Å². The normalized spacial score (nSPS) is 12.2. The van der Waals surface area contributed by atoms with Crippen molar-refractivity contribution in [1.82, 2.24) is 14.6 Å². The molecule has 0 fully saturated rings. The highest BCUT2D eigenvalue weighted by atomic mass is 35.5. The Morgan fingerprint density at radius 3 is 2.57 bits per heavy atom. The second-order valence-electron chi connectivity index (χ2n) is 4.64. The Labute approximate surface area is 154 Å². The van der Waals surface area contributed by atoms with Crippen LogP contribution in [0.4, 0.5) is 5.95 Å². The van der Waals surface area contributed by atoms with Gasteiger partial charge in [-0.3, -0.25) is 4.98 Å². The fourth-order valence-electron chi connectivity index (χ4n) is 2.42. The zero-order chi connectivity index (χ0) is 14.2. The molecule has 0 saturated heterocycles. The Morgan fingerprint density at radius 2 is 1.87 bits per heavy atom. The molecule has 2 N–H and O–H groups in total. The van der Waals surface area contributed by atoms with E-state index in [9.17, 15) is 0 Å². The van der Waals surface area contributed by atoms with Crippen LogP contribution in [0.3, 0.4) is 0 Å². The van der Waals surface area contributed by atoms with Crippen molar-refractivity contribution in [3.8, 4) is 21.8 Å². The van der Waals surface area contributed by atoms with Gasteiger partial charge in [-0.2, -0.15) is 0 Å². The number of rotatable bonds is 2. The number of hydrogen-bond donors (Lipinski definition) is 2. The Hall–Kier alpha value is -1.47. The van der Waals surface area contributed by atoms with E-state index in [-0.39, 0.29) is 24.8 Å². The van der Waals surface area contributed by atoms with Crippen molar-refractivity contribution < 1.29 is 0 Å². The minimum absolute atomic E-state index is 0. The van der Waals surface area contributed by atoms with Gasteiger partial charge >= 0.3 is 0 Å². The van der Waals surface area contributed by atoms with Gasteiger partial charge in [-0.15, -0.1) is 36.2 Å². The van der Waals surface area contributed by atoms with Crippen molar-refractivity contribution in [3.05, 3.63) is 41.0 Å². The van der Waals surface area contributed by atoms with E-state index in [1.54, 1.807) is 12.4 Å². The molecular formula is C14H14Cl3N5S. The lowest BCUT2D eigenvalue weighted by atomic mass is 10.1. The lowest BCUT2D eigenvalue weighted by Gasteiger charge is -2.20. The molecule has 0 amide bonds. The van der Waals surface area contributed by atoms with E-state index in [2.05, 4.69) is 15.7 Å². The lowest BCUT2D eigenvalue weighted by molar-refractivity contribution is 0.798. The van der Waals surface area contributed by atoms with Crippen molar-refractivity contribution >= 4 is 53.7 Å². The Kier molecular flexibility index (Phi) is 5.75. The van der Waals surface area contributed by atoms with Gasteiger partial charge < -0.3 is 10.7 Å². The zero-order valence-corrected chi connectivity index (χ0v) is 15.0. The lowest BCUT2D eigenvalue weighted by Crippen LogP contribution is -2.30. The van der Waals surface area contributed by atoms with Crippen LogP contribution in [-0.4, -0.2) is 27.7 Å². The van der Waals surface area contributed by atoms with E-state index in [4.69, 9.17) is 16.6 Å². The van der Waals surface area contributed by atoms with Crippen LogP contribution in [-0.2, 0) is 0 Å². The van der Waals surface area contributed by atoms with Crippen LogP contribution in [0.2, 0.25) is 4.34 Å². The average molecular weight is 391 g/mol. The highest BCUT2D eigenvalue weighted by molar-refractivity contribution is 7.19. The number of anilines is 1. The number of nitrogens with zero attached hydrogens (tertiary/aromatic N) is 3. The van der Waals surface area contributed by atoms with Crippen LogP contribution in [0.5, 0.6) is 0 Å². The molecule has 23 heavy (non-hydrogen) atoms. The minimum atomic E-state index is 0. The second-order valence-corrected chi connectivity index (χ2v) is 6.36. The summed E-state index contributed by atoms with van der Waals surface area (Å²) >= 11 is 7.61. The van der Waals surface area contributed by atoms with Crippen molar-refractivity contribution in [3.63, 3.8) is 0 Å². The standard InChI is InChI=1S/C14H12ClN5S.2ClH/c15-11-2-1-10(21-11)12-13(9-3-5-16-6-4-9)20-14(19-12)17-7-8-18-20;;/h1-6,18H,7-8H2,(H,17,19);2*1H. The summed E-state index contributed by atoms with van der Waals surface area (Å²) in [4.78, 5) is 9.87. The predicted molar refractivity (Wildman–Crippen MR) is 101 cm³/mol. The zero-order valence-electron chi connectivity index (χ0n) is 11.8. The molecule has 4 heterocycles. The molecule has 122 valence electrons. The van der Waals surface area contributed by atoms with Crippen molar-refractivity contribution in [2.24, 2.45) is 0 Å². The third kappa shape index (κ3) is 3.26. The third-order valence-corrected chi connectivity index (χ3v) is 4.55. The molecular weight excluding hydrogens is 377 g/mol. The molecule has 0 atom stereocenters. The average Bonchev–Trinajstić information content (AvgIpc) is 3.11. The minimum Gasteiger partial charge on any atom is -0.352 e. The number of pyridine rings is 1. The molecule has 3 aromatic heterocycles. The number of fused-ring (bicyclic) bond motifs is 1. The van der Waals surface area contributed by atoms with Crippen LogP contribution in [0.1, 0.15) is 0 Å². The van der Waals surface area contributed by atoms with E-state index < -0.39 is 0 Å². The molecule has 1 aliphatic heterocycles. The molecule has 3 aromatic rings. The van der Waals surface area contributed by atoms with Crippen LogP contribution in [0, 0.1) is 0 Å². The van der Waals surface area contributed by atoms with E-state index in [0.717, 1.165) is 45.2 Å². The van der Waals surface area contributed by atoms with Gasteiger partial charge in [0.15, 0.2) is 0 Å². The molecule has 9 heteroatoms. The molecule has 0 saturated carbocycles. The van der Waals surface area contributed by atoms with Crippen molar-refractivity contribution in [2.75, 3.05) is 23.8 Å². The molecule has 0 bridgehead atoms. The van der Waals surface area contributed by atoms with Gasteiger partial charge in [0.2, 0.25) is 5.95 Å². The summed E-state index contributed by atoms with van der Waals surface area (Å²) in [5, 5.41) is 3.32. The van der Waals surface area contributed by atoms with Gasteiger partial charge in [0.25, 0.3) is 0 Å². The van der Waals surface area contributed by atoms with Gasteiger partial charge in [0.05, 0.1) is 9.21 Å². The summed E-state index contributed by atoms with van der Waals surface area (Å²) < 4.78 is 2.76. The molecule has 0 aromatic carbocycles. The molecule has 0 unspecified atom stereocenters. The molecule has 0 radical (unpaired) electrons. The first kappa shape index (κ1) is 17.9. The van der Waals surface area contributed by atoms with Crippen molar-refractivity contribution in [2.45, 2.75) is 0 Å². The highest BCUT2D eigenvalue weighted by Crippen LogP contribution is 2.38. The molecule has 4 rings (SSSR count). The Balaban J connectivity index is 0.000000960. The molecule has 1 aliphatic rings. The van der Waals surface area contributed by atoms with E-state index in [1.807, 2.05) is 28.9 Å². The first-order valence-corrected chi connectivity index (χ1v) is 7.79. The first-order valence-electron chi connectivity index (χ1n) is 6.59. The van der Waals surface area contributed by atoms with Gasteiger partial charge in [-0.05, 0) is 24.3 Å². The second kappa shape index (κ2) is 7.40. The van der Waals surface area contributed by atoms with Gasteiger partial charge in [0.1, 0.15) is 11.4 Å². The Morgan fingerprint density at radius 1 is 1.09 bits per heavy atom. The summed E-state index contributed by atoms with van der Waals surface area (Å²) in [6.45, 7) is 1.71. The SMILES string of the molecule is Cl.Cl.Clc1ccc(-c2nc3n(c2-c2ccncc2)NCCN3)s1. The Bertz CT molecular complexity index is 787. The smallest absolute Gasteiger partial charge is 0.223 e. The first-order chi connectivity index (χ1) is 10.3. The number of hydrogen-bond acceptors (Lipinski definition) is 5. The number of imidazole rings is 1. The summed E-state index contributed by atoms with van der Waals surface area (Å²) in [6, 6.07) is 7.88. The molecule has 5 nitrogen and oxygen atoms in total. The predicted octanol–water partition coefficient (Wildman–Crippen LogP) is 4.14. The summed E-state index contributed by atoms with van der Waals surface area (Å²) in [6.07, 6.45) is 3.58. The van der Waals surface area contributed by atoms with Gasteiger partial charge in [0, 0.05) is 31.0 Å². The van der Waals surface area contributed by atoms with Crippen molar-refractivity contribution in [1.29, 1.82) is 0 Å². The van der Waals surface area contributed by atoms with Crippen LogP contribution in [0.25, 0.3) is 21.8 Å². The number of halogens is 3. The summed E-state index contributed by atoms with van der Waals surface area (Å²) in [5.74, 6) is 0.826. The maximum absolute atomic E-state index is 6.08. The van der Waals surface area contributed by atoms with E-state index >= 15 is 0 Å². The summed E-state index contributed by atoms with van der Waals surface area (Å²) in [5.41, 5.74) is 6.39.